The number of aromatic nitrogens is 1. The van der Waals surface area contributed by atoms with Crippen molar-refractivity contribution in [2.24, 2.45) is 0 Å². The van der Waals surface area contributed by atoms with Crippen LogP contribution in [0.25, 0.3) is 12.2 Å². The van der Waals surface area contributed by atoms with Crippen molar-refractivity contribution in [3.63, 3.8) is 0 Å². The van der Waals surface area contributed by atoms with Crippen molar-refractivity contribution in [3.8, 4) is 0 Å². The van der Waals surface area contributed by atoms with Crippen molar-refractivity contribution in [1.29, 1.82) is 0 Å². The summed E-state index contributed by atoms with van der Waals surface area (Å²) in [6.45, 7) is 2.71. The van der Waals surface area contributed by atoms with Crippen LogP contribution >= 0.6 is 0 Å². The van der Waals surface area contributed by atoms with Crippen molar-refractivity contribution in [3.05, 3.63) is 41.7 Å². The van der Waals surface area contributed by atoms with Gasteiger partial charge in [-0.15, -0.1) is 0 Å². The number of hydrogen-bond acceptors (Lipinski definition) is 6. The number of rotatable bonds is 7. The van der Waals surface area contributed by atoms with Gasteiger partial charge in [-0.2, -0.15) is 0 Å². The Morgan fingerprint density at radius 2 is 2.04 bits per heavy atom. The molecule has 1 aromatic rings. The summed E-state index contributed by atoms with van der Waals surface area (Å²) in [5, 5.41) is 0. The Morgan fingerprint density at radius 1 is 1.28 bits per heavy atom. The summed E-state index contributed by atoms with van der Waals surface area (Å²) in [6, 6.07) is 5.27. The molecule has 1 saturated heterocycles. The zero-order chi connectivity index (χ0) is 17.9. The first-order chi connectivity index (χ1) is 12.2. The molecule has 7 nitrogen and oxygen atoms in total. The molecule has 7 heteroatoms. The standard InChI is InChI=1S/C18H22N2O5/c1-2-23-17(22)12-10-15-7-5-6-14(19-15)9-11-16(21)20-25-18-8-3-4-13-24-18/h5-7,9-12,18H,2-4,8,13H2,1H3,(H,20,21)/b11-9+,12-10+. The molecule has 1 amide bonds. The average molecular weight is 346 g/mol. The zero-order valence-corrected chi connectivity index (χ0v) is 14.1. The molecule has 25 heavy (non-hydrogen) atoms. The quantitative estimate of drug-likeness (QED) is 0.463. The smallest absolute Gasteiger partial charge is 0.330 e. The fourth-order valence-corrected chi connectivity index (χ4v) is 2.12. The van der Waals surface area contributed by atoms with Gasteiger partial charge in [0.05, 0.1) is 18.0 Å². The van der Waals surface area contributed by atoms with Gasteiger partial charge in [-0.3, -0.25) is 4.79 Å². The number of amides is 1. The van der Waals surface area contributed by atoms with Crippen molar-refractivity contribution in [1.82, 2.24) is 10.5 Å². The maximum Gasteiger partial charge on any atom is 0.330 e. The van der Waals surface area contributed by atoms with Gasteiger partial charge in [-0.05, 0) is 44.1 Å². The van der Waals surface area contributed by atoms with E-state index in [4.69, 9.17) is 14.3 Å². The van der Waals surface area contributed by atoms with Gasteiger partial charge in [0, 0.05) is 25.2 Å². The van der Waals surface area contributed by atoms with Crippen LogP contribution in [0.5, 0.6) is 0 Å². The molecular formula is C18H22N2O5. The van der Waals surface area contributed by atoms with E-state index in [1.165, 1.54) is 12.2 Å². The average Bonchev–Trinajstić information content (AvgIpc) is 2.64. The van der Waals surface area contributed by atoms with E-state index < -0.39 is 11.9 Å². The second-order valence-corrected chi connectivity index (χ2v) is 5.29. The molecule has 2 rings (SSSR count). The summed E-state index contributed by atoms with van der Waals surface area (Å²) in [7, 11) is 0. The molecule has 0 aromatic carbocycles. The molecule has 1 aliphatic heterocycles. The van der Waals surface area contributed by atoms with Crippen molar-refractivity contribution in [2.75, 3.05) is 13.2 Å². The minimum Gasteiger partial charge on any atom is -0.463 e. The highest BCUT2D eigenvalue weighted by Crippen LogP contribution is 2.12. The fraction of sp³-hybridized carbons (Fsp3) is 0.389. The molecule has 1 N–H and O–H groups in total. The van der Waals surface area contributed by atoms with Crippen LogP contribution in [0.3, 0.4) is 0 Å². The van der Waals surface area contributed by atoms with Gasteiger partial charge in [0.25, 0.3) is 5.91 Å². The van der Waals surface area contributed by atoms with Crippen LogP contribution in [0.15, 0.2) is 30.4 Å². The second-order valence-electron chi connectivity index (χ2n) is 5.29. The molecule has 134 valence electrons. The molecule has 0 spiro atoms. The van der Waals surface area contributed by atoms with E-state index in [-0.39, 0.29) is 6.29 Å². The van der Waals surface area contributed by atoms with E-state index >= 15 is 0 Å². The van der Waals surface area contributed by atoms with Gasteiger partial charge in [-0.25, -0.2) is 20.1 Å². The second kappa shape index (κ2) is 10.4. The largest absolute Gasteiger partial charge is 0.463 e. The number of hydrogen-bond donors (Lipinski definition) is 1. The number of hydroxylamine groups is 1. The lowest BCUT2D eigenvalue weighted by atomic mass is 10.2. The molecule has 1 aromatic heterocycles. The van der Waals surface area contributed by atoms with E-state index in [2.05, 4.69) is 10.5 Å². The predicted octanol–water partition coefficient (Wildman–Crippen LogP) is 2.25. The summed E-state index contributed by atoms with van der Waals surface area (Å²) in [6.07, 6.45) is 8.16. The monoisotopic (exact) mass is 346 g/mol. The lowest BCUT2D eigenvalue weighted by Crippen LogP contribution is -2.32. The van der Waals surface area contributed by atoms with Crippen LogP contribution in [0.1, 0.15) is 37.6 Å². The summed E-state index contributed by atoms with van der Waals surface area (Å²) >= 11 is 0. The maximum absolute atomic E-state index is 11.7. The number of nitrogens with one attached hydrogen (secondary N) is 1. The van der Waals surface area contributed by atoms with Crippen LogP contribution in [-0.2, 0) is 23.9 Å². The highest BCUT2D eigenvalue weighted by molar-refractivity contribution is 5.90. The number of nitrogens with zero attached hydrogens (tertiary/aromatic N) is 1. The molecule has 2 heterocycles. The van der Waals surface area contributed by atoms with Gasteiger partial charge in [0.15, 0.2) is 6.29 Å². The van der Waals surface area contributed by atoms with Crippen LogP contribution in [0.2, 0.25) is 0 Å². The number of pyridine rings is 1. The van der Waals surface area contributed by atoms with E-state index in [0.717, 1.165) is 19.3 Å². The lowest BCUT2D eigenvalue weighted by molar-refractivity contribution is -0.198. The highest BCUT2D eigenvalue weighted by atomic mass is 16.8. The molecule has 1 atom stereocenters. The first kappa shape index (κ1) is 18.8. The van der Waals surface area contributed by atoms with Gasteiger partial charge in [0.1, 0.15) is 0 Å². The lowest BCUT2D eigenvalue weighted by Gasteiger charge is -2.21. The third-order valence-corrected chi connectivity index (χ3v) is 3.30. The summed E-state index contributed by atoms with van der Waals surface area (Å²) in [5.74, 6) is -0.824. The normalized spacial score (nSPS) is 17.7. The van der Waals surface area contributed by atoms with Gasteiger partial charge < -0.3 is 9.47 Å². The van der Waals surface area contributed by atoms with Crippen LogP contribution in [-0.4, -0.2) is 36.4 Å². The predicted molar refractivity (Wildman–Crippen MR) is 91.8 cm³/mol. The van der Waals surface area contributed by atoms with Crippen molar-refractivity contribution in [2.45, 2.75) is 32.5 Å². The minimum atomic E-state index is -0.424. The molecule has 1 unspecified atom stereocenters. The first-order valence-electron chi connectivity index (χ1n) is 8.24. The summed E-state index contributed by atoms with van der Waals surface area (Å²) in [4.78, 5) is 32.5. The maximum atomic E-state index is 11.7. The zero-order valence-electron chi connectivity index (χ0n) is 14.1. The Morgan fingerprint density at radius 3 is 2.72 bits per heavy atom. The first-order valence-corrected chi connectivity index (χ1v) is 8.24. The number of carbonyl (C=O) groups excluding carboxylic acids is 2. The molecular weight excluding hydrogens is 324 g/mol. The summed E-state index contributed by atoms with van der Waals surface area (Å²) in [5.41, 5.74) is 3.50. The molecule has 0 radical (unpaired) electrons. The highest BCUT2D eigenvalue weighted by Gasteiger charge is 2.14. The fourth-order valence-electron chi connectivity index (χ4n) is 2.12. The summed E-state index contributed by atoms with van der Waals surface area (Å²) < 4.78 is 10.2. The SMILES string of the molecule is CCOC(=O)/C=C/c1cccc(/C=C/C(=O)NOC2CCCCO2)n1. The van der Waals surface area contributed by atoms with Gasteiger partial charge in [0.2, 0.25) is 0 Å². The van der Waals surface area contributed by atoms with Crippen LogP contribution in [0.4, 0.5) is 0 Å². The Labute approximate surface area is 146 Å². The van der Waals surface area contributed by atoms with Gasteiger partial charge >= 0.3 is 5.97 Å². The Balaban J connectivity index is 1.84. The van der Waals surface area contributed by atoms with E-state index in [1.807, 2.05) is 0 Å². The van der Waals surface area contributed by atoms with Crippen molar-refractivity contribution >= 4 is 24.0 Å². The Kier molecular flexibility index (Phi) is 7.81. The number of carbonyl (C=O) groups is 2. The molecule has 1 fully saturated rings. The molecule has 1 aliphatic rings. The van der Waals surface area contributed by atoms with Crippen LogP contribution < -0.4 is 5.48 Å². The molecule has 0 saturated carbocycles. The molecule has 0 aliphatic carbocycles. The number of ether oxygens (including phenoxy) is 2. The minimum absolute atomic E-state index is 0.322. The third-order valence-electron chi connectivity index (χ3n) is 3.30. The van der Waals surface area contributed by atoms with E-state index in [1.54, 1.807) is 37.3 Å². The van der Waals surface area contributed by atoms with Gasteiger partial charge in [-0.1, -0.05) is 6.07 Å². The van der Waals surface area contributed by atoms with E-state index in [0.29, 0.717) is 24.6 Å². The third kappa shape index (κ3) is 7.28. The van der Waals surface area contributed by atoms with E-state index in [9.17, 15) is 9.59 Å². The van der Waals surface area contributed by atoms with Crippen molar-refractivity contribution < 1.29 is 23.9 Å². The topological polar surface area (TPSA) is 86.8 Å². The molecule has 0 bridgehead atoms. The number of esters is 1. The van der Waals surface area contributed by atoms with Crippen LogP contribution in [0, 0.1) is 0 Å². The Bertz CT molecular complexity index is 636. The Hall–Kier alpha value is -2.51.